The minimum Gasteiger partial charge on any atom is -0.457 e. The first-order chi connectivity index (χ1) is 36.2. The SMILES string of the molecule is [2H]c1c([2H])c([2H])c(-c2ccc(-c3cnc(-n4c5ccccc5c5ccc(Oc6cc(-c7coc8c(-c9c(-c%10ccccc%10)cccc9-c9ccccc9)[n+](C)cn78)cc(C(C)(C)C)c6)cc54)cc3C)cc2)c([2H])c1[2H]. The number of oxazole rings is 1. The van der Waals surface area contributed by atoms with Crippen LogP contribution in [0.5, 0.6) is 11.5 Å². The molecule has 4 aromatic heterocycles. The highest BCUT2D eigenvalue weighted by Gasteiger charge is 2.30. The molecule has 0 amide bonds. The van der Waals surface area contributed by atoms with E-state index in [0.29, 0.717) is 17.1 Å². The summed E-state index contributed by atoms with van der Waals surface area (Å²) in [7, 11) is 2.08. The molecule has 0 radical (unpaired) electrons. The predicted molar refractivity (Wildman–Crippen MR) is 286 cm³/mol. The number of para-hydroxylation sites is 1. The molecule has 12 aromatic rings. The van der Waals surface area contributed by atoms with Crippen LogP contribution in [-0.2, 0) is 12.5 Å². The van der Waals surface area contributed by atoms with Crippen LogP contribution in [0.1, 0.15) is 38.8 Å². The van der Waals surface area contributed by atoms with Gasteiger partial charge < -0.3 is 9.15 Å². The van der Waals surface area contributed by atoms with Crippen molar-refractivity contribution in [2.45, 2.75) is 33.1 Å². The lowest BCUT2D eigenvalue weighted by molar-refractivity contribution is -0.659. The lowest BCUT2D eigenvalue weighted by Crippen LogP contribution is -2.28. The second-order valence-corrected chi connectivity index (χ2v) is 18.9. The summed E-state index contributed by atoms with van der Waals surface area (Å²) >= 11 is 0. The fourth-order valence-corrected chi connectivity index (χ4v) is 9.83. The average Bonchev–Trinajstić information content (AvgIpc) is 4.09. The number of hydrogen-bond donors (Lipinski definition) is 0. The van der Waals surface area contributed by atoms with Crippen LogP contribution in [0, 0.1) is 6.92 Å². The van der Waals surface area contributed by atoms with Gasteiger partial charge in [0.25, 0.3) is 6.33 Å². The smallest absolute Gasteiger partial charge is 0.343 e. The van der Waals surface area contributed by atoms with Crippen molar-refractivity contribution in [3.05, 3.63) is 230 Å². The molecule has 0 aliphatic heterocycles. The van der Waals surface area contributed by atoms with E-state index in [4.69, 9.17) is 21.0 Å². The predicted octanol–water partition coefficient (Wildman–Crippen LogP) is 16.2. The number of imidazole rings is 1. The Balaban J connectivity index is 0.919. The summed E-state index contributed by atoms with van der Waals surface area (Å²) < 4.78 is 61.3. The molecule has 8 aromatic carbocycles. The van der Waals surface area contributed by atoms with Gasteiger partial charge in [-0.25, -0.2) is 9.55 Å². The van der Waals surface area contributed by atoms with E-state index in [2.05, 4.69) is 176 Å². The Kier molecular flexibility index (Phi) is 9.10. The molecule has 0 unspecified atom stereocenters. The van der Waals surface area contributed by atoms with E-state index in [1.54, 1.807) is 12.1 Å². The molecule has 0 aliphatic carbocycles. The van der Waals surface area contributed by atoms with Crippen molar-refractivity contribution >= 4 is 27.5 Å². The number of fused-ring (bicyclic) bond motifs is 4. The number of ether oxygens (including phenoxy) is 1. The van der Waals surface area contributed by atoms with E-state index in [-0.39, 0.29) is 35.1 Å². The number of pyridine rings is 1. The number of hydrogen-bond acceptors (Lipinski definition) is 3. The van der Waals surface area contributed by atoms with Gasteiger partial charge in [0.05, 0.1) is 24.9 Å². The van der Waals surface area contributed by atoms with Gasteiger partial charge in [-0.2, -0.15) is 4.40 Å². The zero-order valence-electron chi connectivity index (χ0n) is 44.5. The molecule has 0 aliphatic rings. The van der Waals surface area contributed by atoms with E-state index in [1.165, 1.54) is 0 Å². The molecule has 0 bridgehead atoms. The molecule has 0 spiro atoms. The minimum atomic E-state index is -0.409. The Hall–Kier alpha value is -8.74. The van der Waals surface area contributed by atoms with E-state index >= 15 is 0 Å². The average molecular weight is 913 g/mol. The second kappa shape index (κ2) is 17.1. The summed E-state index contributed by atoms with van der Waals surface area (Å²) in [4.78, 5) is 5.06. The summed E-state index contributed by atoms with van der Waals surface area (Å²) in [5.41, 5.74) is 15.5. The fraction of sp³-hybridized carbons (Fsp3) is 0.0938. The van der Waals surface area contributed by atoms with Crippen molar-refractivity contribution in [1.82, 2.24) is 14.0 Å². The lowest BCUT2D eigenvalue weighted by Gasteiger charge is -2.21. The van der Waals surface area contributed by atoms with Gasteiger partial charge >= 0.3 is 5.71 Å². The normalized spacial score (nSPS) is 12.8. The van der Waals surface area contributed by atoms with Crippen molar-refractivity contribution in [2.75, 3.05) is 0 Å². The molecule has 0 fully saturated rings. The maximum atomic E-state index is 8.47. The monoisotopic (exact) mass is 912 g/mol. The molecule has 0 N–H and O–H groups in total. The Morgan fingerprint density at radius 3 is 1.94 bits per heavy atom. The zero-order valence-corrected chi connectivity index (χ0v) is 39.5. The van der Waals surface area contributed by atoms with E-state index < -0.39 is 6.04 Å². The largest absolute Gasteiger partial charge is 0.457 e. The van der Waals surface area contributed by atoms with Gasteiger partial charge in [-0.05, 0) is 105 Å². The molecule has 6 heteroatoms. The first-order valence-corrected chi connectivity index (χ1v) is 23.5. The van der Waals surface area contributed by atoms with Gasteiger partial charge in [-0.1, -0.05) is 172 Å². The van der Waals surface area contributed by atoms with Gasteiger partial charge in [0.2, 0.25) is 5.69 Å². The van der Waals surface area contributed by atoms with Crippen LogP contribution in [-0.4, -0.2) is 14.0 Å². The number of aromatic nitrogens is 4. The zero-order chi connectivity index (χ0) is 51.9. The highest BCUT2D eigenvalue weighted by molar-refractivity contribution is 6.09. The van der Waals surface area contributed by atoms with Crippen molar-refractivity contribution in [1.29, 1.82) is 0 Å². The number of benzene rings is 8. The van der Waals surface area contributed by atoms with E-state index in [9.17, 15) is 0 Å². The third-order valence-electron chi connectivity index (χ3n) is 13.3. The highest BCUT2D eigenvalue weighted by atomic mass is 16.5. The van der Waals surface area contributed by atoms with Crippen molar-refractivity contribution in [2.24, 2.45) is 7.05 Å². The third-order valence-corrected chi connectivity index (χ3v) is 13.3. The molecular formula is C64H51N4O2+. The first kappa shape index (κ1) is 37.3. The second-order valence-electron chi connectivity index (χ2n) is 18.9. The maximum absolute atomic E-state index is 8.47. The van der Waals surface area contributed by atoms with Crippen LogP contribution in [0.15, 0.2) is 223 Å². The van der Waals surface area contributed by atoms with Gasteiger partial charge in [0.1, 0.15) is 23.6 Å². The minimum absolute atomic E-state index is 0.175. The Morgan fingerprint density at radius 2 is 1.24 bits per heavy atom. The Labute approximate surface area is 415 Å². The van der Waals surface area contributed by atoms with E-state index in [1.807, 2.05) is 48.9 Å². The van der Waals surface area contributed by atoms with Crippen LogP contribution in [0.4, 0.5) is 0 Å². The highest BCUT2D eigenvalue weighted by Crippen LogP contribution is 2.43. The summed E-state index contributed by atoms with van der Waals surface area (Å²) in [6.45, 7) is 8.69. The molecule has 12 rings (SSSR count). The number of aryl methyl sites for hydroxylation is 2. The van der Waals surface area contributed by atoms with Crippen LogP contribution >= 0.6 is 0 Å². The molecule has 0 atom stereocenters. The van der Waals surface area contributed by atoms with Crippen LogP contribution < -0.4 is 9.30 Å². The molecule has 4 heterocycles. The Bertz CT molecular complexity index is 4120. The summed E-state index contributed by atoms with van der Waals surface area (Å²) in [6, 6.07) is 56.5. The van der Waals surface area contributed by atoms with Crippen molar-refractivity contribution in [3.8, 4) is 84.3 Å². The molecule has 0 saturated heterocycles. The summed E-state index contributed by atoms with van der Waals surface area (Å²) in [5.74, 6) is 2.12. The van der Waals surface area contributed by atoms with Gasteiger partial charge in [-0.15, -0.1) is 0 Å². The topological polar surface area (TPSA) is 48.5 Å². The third kappa shape index (κ3) is 7.55. The van der Waals surface area contributed by atoms with Crippen molar-refractivity contribution < 1.29 is 20.6 Å². The molecule has 70 heavy (non-hydrogen) atoms. The van der Waals surface area contributed by atoms with Gasteiger partial charge in [0.15, 0.2) is 5.69 Å². The summed E-state index contributed by atoms with van der Waals surface area (Å²) in [6.07, 6.45) is 5.82. The van der Waals surface area contributed by atoms with E-state index in [0.717, 1.165) is 100 Å². The van der Waals surface area contributed by atoms with Gasteiger partial charge in [-0.3, -0.25) is 4.57 Å². The number of nitrogens with zero attached hydrogens (tertiary/aromatic N) is 4. The Morgan fingerprint density at radius 1 is 0.586 bits per heavy atom. The quantitative estimate of drug-likeness (QED) is 0.136. The van der Waals surface area contributed by atoms with Crippen LogP contribution in [0.25, 0.3) is 100 Å². The molecule has 0 saturated carbocycles. The van der Waals surface area contributed by atoms with Gasteiger partial charge in [0, 0.05) is 39.7 Å². The maximum Gasteiger partial charge on any atom is 0.343 e. The van der Waals surface area contributed by atoms with Crippen LogP contribution in [0.2, 0.25) is 0 Å². The number of rotatable bonds is 9. The van der Waals surface area contributed by atoms with Crippen molar-refractivity contribution in [3.63, 3.8) is 0 Å². The lowest BCUT2D eigenvalue weighted by atomic mass is 9.85. The first-order valence-electron chi connectivity index (χ1n) is 26.0. The molecule has 338 valence electrons. The summed E-state index contributed by atoms with van der Waals surface area (Å²) in [5, 5.41) is 2.16. The molecular weight excluding hydrogens is 857 g/mol. The fourth-order valence-electron chi connectivity index (χ4n) is 9.83. The van der Waals surface area contributed by atoms with Crippen LogP contribution in [0.3, 0.4) is 0 Å². The molecule has 6 nitrogen and oxygen atoms in total. The standard InChI is InChI=1S/C64H51N4O2/c1-42-34-60(65-39-56(42)47-30-28-44(29-31-47)43-18-9-6-10-19-43)68-57-27-16-15-24-54(57)55-33-32-50(38-58(55)68)70-51-36-48(35-49(37-51)64(2,3)4)59-40-69-63-62(66(5)41-67(59)63)61-52(45-20-11-7-12-21-45)25-17-26-53(61)46-22-13-8-14-23-46/h6-41H,1-5H3/q+1/i6D,9D,10D,18D,19D.